The standard InChI is InChI=1S/C15H21N3/c1-10-5-6-11(15(2,3)4)9-12(10)13(16)14-17-7-8-18-14/h5-9,13H,16H2,1-4H3,(H,17,18). The van der Waals surface area contributed by atoms with E-state index in [1.807, 2.05) is 0 Å². The van der Waals surface area contributed by atoms with Crippen molar-refractivity contribution in [3.8, 4) is 0 Å². The summed E-state index contributed by atoms with van der Waals surface area (Å²) in [5.74, 6) is 0.809. The number of hydrogen-bond donors (Lipinski definition) is 2. The Morgan fingerprint density at radius 3 is 2.56 bits per heavy atom. The van der Waals surface area contributed by atoms with Crippen LogP contribution in [0.1, 0.15) is 49.3 Å². The fourth-order valence-electron chi connectivity index (χ4n) is 2.04. The molecule has 3 nitrogen and oxygen atoms in total. The molecule has 0 saturated heterocycles. The maximum absolute atomic E-state index is 6.28. The van der Waals surface area contributed by atoms with Crippen molar-refractivity contribution in [3.05, 3.63) is 53.1 Å². The average Bonchev–Trinajstić information content (AvgIpc) is 2.80. The van der Waals surface area contributed by atoms with E-state index in [1.165, 1.54) is 11.1 Å². The zero-order valence-electron chi connectivity index (χ0n) is 11.5. The fourth-order valence-corrected chi connectivity index (χ4v) is 2.04. The lowest BCUT2D eigenvalue weighted by atomic mass is 9.84. The molecule has 3 heteroatoms. The smallest absolute Gasteiger partial charge is 0.127 e. The van der Waals surface area contributed by atoms with Crippen LogP contribution in [0.3, 0.4) is 0 Å². The zero-order chi connectivity index (χ0) is 13.3. The highest BCUT2D eigenvalue weighted by molar-refractivity contribution is 5.38. The van der Waals surface area contributed by atoms with Crippen LogP contribution < -0.4 is 5.73 Å². The van der Waals surface area contributed by atoms with Crippen LogP contribution in [0.2, 0.25) is 0 Å². The van der Waals surface area contributed by atoms with Gasteiger partial charge in [-0.1, -0.05) is 39.0 Å². The lowest BCUT2D eigenvalue weighted by Gasteiger charge is -2.22. The van der Waals surface area contributed by atoms with Crippen molar-refractivity contribution in [2.45, 2.75) is 39.2 Å². The number of rotatable bonds is 2. The lowest BCUT2D eigenvalue weighted by Crippen LogP contribution is -2.17. The molecule has 0 saturated carbocycles. The molecule has 1 unspecified atom stereocenters. The third kappa shape index (κ3) is 2.46. The SMILES string of the molecule is Cc1ccc(C(C)(C)C)cc1C(N)c1ncc[nH]1. The summed E-state index contributed by atoms with van der Waals surface area (Å²) >= 11 is 0. The molecular weight excluding hydrogens is 222 g/mol. The Labute approximate surface area is 108 Å². The second-order valence-electron chi connectivity index (χ2n) is 5.77. The number of aryl methyl sites for hydroxylation is 1. The summed E-state index contributed by atoms with van der Waals surface area (Å²) in [6.07, 6.45) is 3.54. The van der Waals surface area contributed by atoms with E-state index in [0.717, 1.165) is 11.4 Å². The van der Waals surface area contributed by atoms with E-state index < -0.39 is 0 Å². The molecule has 3 N–H and O–H groups in total. The van der Waals surface area contributed by atoms with E-state index in [1.54, 1.807) is 12.4 Å². The second-order valence-corrected chi connectivity index (χ2v) is 5.77. The number of nitrogens with two attached hydrogens (primary N) is 1. The van der Waals surface area contributed by atoms with Gasteiger partial charge in [-0.3, -0.25) is 0 Å². The van der Waals surface area contributed by atoms with Crippen molar-refractivity contribution in [2.75, 3.05) is 0 Å². The number of nitrogens with one attached hydrogen (secondary N) is 1. The Kier molecular flexibility index (Phi) is 3.26. The van der Waals surface area contributed by atoms with Crippen molar-refractivity contribution >= 4 is 0 Å². The molecule has 1 heterocycles. The predicted octanol–water partition coefficient (Wildman–Crippen LogP) is 3.06. The summed E-state index contributed by atoms with van der Waals surface area (Å²) in [5.41, 5.74) is 10.0. The summed E-state index contributed by atoms with van der Waals surface area (Å²) < 4.78 is 0. The molecule has 0 bridgehead atoms. The zero-order valence-corrected chi connectivity index (χ0v) is 11.5. The molecule has 0 fully saturated rings. The minimum atomic E-state index is -0.192. The van der Waals surface area contributed by atoms with Crippen LogP contribution in [0.25, 0.3) is 0 Å². The van der Waals surface area contributed by atoms with Gasteiger partial charge in [0.15, 0.2) is 0 Å². The molecule has 1 aromatic heterocycles. The Hall–Kier alpha value is -1.61. The number of H-pyrrole nitrogens is 1. The largest absolute Gasteiger partial charge is 0.347 e. The molecule has 0 amide bonds. The summed E-state index contributed by atoms with van der Waals surface area (Å²) in [4.78, 5) is 7.33. The van der Waals surface area contributed by atoms with E-state index in [-0.39, 0.29) is 11.5 Å². The van der Waals surface area contributed by atoms with Gasteiger partial charge in [-0.25, -0.2) is 4.98 Å². The molecule has 0 spiro atoms. The van der Waals surface area contributed by atoms with Gasteiger partial charge in [0, 0.05) is 12.4 Å². The molecule has 96 valence electrons. The number of benzene rings is 1. The van der Waals surface area contributed by atoms with Crippen molar-refractivity contribution in [3.63, 3.8) is 0 Å². The summed E-state index contributed by atoms with van der Waals surface area (Å²) in [5, 5.41) is 0. The predicted molar refractivity (Wildman–Crippen MR) is 74.5 cm³/mol. The first-order valence-electron chi connectivity index (χ1n) is 6.25. The van der Waals surface area contributed by atoms with Gasteiger partial charge in [-0.2, -0.15) is 0 Å². The van der Waals surface area contributed by atoms with Crippen molar-refractivity contribution in [2.24, 2.45) is 5.73 Å². The van der Waals surface area contributed by atoms with Crippen LogP contribution in [0.5, 0.6) is 0 Å². The first-order chi connectivity index (χ1) is 8.39. The number of aromatic amines is 1. The van der Waals surface area contributed by atoms with Gasteiger partial charge in [-0.15, -0.1) is 0 Å². The van der Waals surface area contributed by atoms with Gasteiger partial charge < -0.3 is 10.7 Å². The molecule has 0 radical (unpaired) electrons. The maximum Gasteiger partial charge on any atom is 0.127 e. The van der Waals surface area contributed by atoms with Crippen LogP contribution in [0, 0.1) is 6.92 Å². The second kappa shape index (κ2) is 4.58. The monoisotopic (exact) mass is 243 g/mol. The highest BCUT2D eigenvalue weighted by atomic mass is 14.9. The quantitative estimate of drug-likeness (QED) is 0.851. The van der Waals surface area contributed by atoms with Gasteiger partial charge in [-0.05, 0) is 29.0 Å². The molecule has 0 aliphatic heterocycles. The number of nitrogens with zero attached hydrogens (tertiary/aromatic N) is 1. The van der Waals surface area contributed by atoms with Gasteiger partial charge in [0.2, 0.25) is 0 Å². The Bertz CT molecular complexity index is 521. The topological polar surface area (TPSA) is 54.7 Å². The van der Waals surface area contributed by atoms with E-state index in [0.29, 0.717) is 0 Å². The fraction of sp³-hybridized carbons (Fsp3) is 0.400. The van der Waals surface area contributed by atoms with Gasteiger partial charge in [0.1, 0.15) is 5.82 Å². The van der Waals surface area contributed by atoms with Crippen molar-refractivity contribution in [1.29, 1.82) is 0 Å². The molecule has 2 rings (SSSR count). The van der Waals surface area contributed by atoms with Crippen LogP contribution in [-0.2, 0) is 5.41 Å². The molecule has 1 aromatic carbocycles. The van der Waals surface area contributed by atoms with Crippen molar-refractivity contribution < 1.29 is 0 Å². The Balaban J connectivity index is 2.44. The average molecular weight is 243 g/mol. The van der Waals surface area contributed by atoms with E-state index in [9.17, 15) is 0 Å². The number of hydrogen-bond acceptors (Lipinski definition) is 2. The van der Waals surface area contributed by atoms with Gasteiger partial charge in [0.05, 0.1) is 6.04 Å². The summed E-state index contributed by atoms with van der Waals surface area (Å²) in [7, 11) is 0. The van der Waals surface area contributed by atoms with Gasteiger partial charge >= 0.3 is 0 Å². The first kappa shape index (κ1) is 12.8. The molecule has 0 aliphatic carbocycles. The van der Waals surface area contributed by atoms with E-state index in [4.69, 9.17) is 5.73 Å². The number of imidazole rings is 1. The number of aromatic nitrogens is 2. The molecule has 1 atom stereocenters. The first-order valence-corrected chi connectivity index (χ1v) is 6.25. The minimum absolute atomic E-state index is 0.130. The summed E-state index contributed by atoms with van der Waals surface area (Å²) in [6, 6.07) is 6.32. The van der Waals surface area contributed by atoms with E-state index in [2.05, 4.69) is 55.9 Å². The molecule has 0 aliphatic rings. The van der Waals surface area contributed by atoms with E-state index >= 15 is 0 Å². The molecular formula is C15H21N3. The normalized spacial score (nSPS) is 13.6. The van der Waals surface area contributed by atoms with Crippen molar-refractivity contribution in [1.82, 2.24) is 9.97 Å². The lowest BCUT2D eigenvalue weighted by molar-refractivity contribution is 0.588. The molecule has 2 aromatic rings. The minimum Gasteiger partial charge on any atom is -0.347 e. The maximum atomic E-state index is 6.28. The molecule has 18 heavy (non-hydrogen) atoms. The van der Waals surface area contributed by atoms with Gasteiger partial charge in [0.25, 0.3) is 0 Å². The van der Waals surface area contributed by atoms with Crippen LogP contribution >= 0.6 is 0 Å². The highest BCUT2D eigenvalue weighted by Crippen LogP contribution is 2.28. The van der Waals surface area contributed by atoms with Crippen LogP contribution in [-0.4, -0.2) is 9.97 Å². The third-order valence-corrected chi connectivity index (χ3v) is 3.29. The highest BCUT2D eigenvalue weighted by Gasteiger charge is 2.18. The Morgan fingerprint density at radius 1 is 1.28 bits per heavy atom. The van der Waals surface area contributed by atoms with Crippen LogP contribution in [0.4, 0.5) is 0 Å². The Morgan fingerprint density at radius 2 is 2.00 bits per heavy atom. The third-order valence-electron chi connectivity index (χ3n) is 3.29. The van der Waals surface area contributed by atoms with Crippen LogP contribution in [0.15, 0.2) is 30.6 Å². The summed E-state index contributed by atoms with van der Waals surface area (Å²) in [6.45, 7) is 8.71.